The van der Waals surface area contributed by atoms with Crippen LogP contribution in [0.3, 0.4) is 0 Å². The molecule has 1 nitrogen and oxygen atoms in total. The minimum atomic E-state index is 0.339. The van der Waals surface area contributed by atoms with Crippen molar-refractivity contribution >= 4 is 0 Å². The van der Waals surface area contributed by atoms with Gasteiger partial charge in [0.25, 0.3) is 0 Å². The van der Waals surface area contributed by atoms with Gasteiger partial charge in [0.15, 0.2) is 6.10 Å². The second-order valence-electron chi connectivity index (χ2n) is 4.65. The molecule has 1 heteroatoms. The molecule has 0 aliphatic carbocycles. The van der Waals surface area contributed by atoms with Gasteiger partial charge in [0.2, 0.25) is 0 Å². The second kappa shape index (κ2) is 5.83. The summed E-state index contributed by atoms with van der Waals surface area (Å²) < 4.78 is 0. The van der Waals surface area contributed by atoms with Crippen LogP contribution in [-0.4, -0.2) is 5.11 Å². The summed E-state index contributed by atoms with van der Waals surface area (Å²) in [5.41, 5.74) is 3.05. The van der Waals surface area contributed by atoms with E-state index in [-0.39, 0.29) is 0 Å². The van der Waals surface area contributed by atoms with Gasteiger partial charge in [-0.05, 0) is 29.0 Å². The summed E-state index contributed by atoms with van der Waals surface area (Å²) in [5, 5.41) is 10.2. The van der Waals surface area contributed by atoms with E-state index in [1.54, 1.807) is 0 Å². The molecule has 0 heterocycles. The van der Waals surface area contributed by atoms with E-state index in [9.17, 15) is 5.11 Å². The highest BCUT2D eigenvalue weighted by molar-refractivity contribution is 5.42. The van der Waals surface area contributed by atoms with Gasteiger partial charge in [0, 0.05) is 0 Å². The zero-order valence-electron chi connectivity index (χ0n) is 10.9. The van der Waals surface area contributed by atoms with Crippen LogP contribution in [0, 0.1) is 6.10 Å². The Balaban J connectivity index is 2.19. The van der Waals surface area contributed by atoms with Crippen molar-refractivity contribution in [2.24, 2.45) is 0 Å². The molecule has 0 fully saturated rings. The Morgan fingerprint density at radius 1 is 0.944 bits per heavy atom. The molecule has 0 aromatic heterocycles. The van der Waals surface area contributed by atoms with E-state index >= 15 is 0 Å². The van der Waals surface area contributed by atoms with Crippen molar-refractivity contribution < 1.29 is 5.11 Å². The van der Waals surface area contributed by atoms with Crippen LogP contribution < -0.4 is 0 Å². The highest BCUT2D eigenvalue weighted by Crippen LogP contribution is 2.24. The van der Waals surface area contributed by atoms with Crippen molar-refractivity contribution in [1.29, 1.82) is 0 Å². The molecule has 2 aromatic carbocycles. The normalized spacial score (nSPS) is 12.7. The third-order valence-electron chi connectivity index (χ3n) is 3.41. The highest BCUT2D eigenvalue weighted by Gasteiger charge is 2.11. The molecule has 2 rings (SSSR count). The smallest absolute Gasteiger partial charge is 0.152 e. The Morgan fingerprint density at radius 3 is 2.06 bits per heavy atom. The van der Waals surface area contributed by atoms with Crippen LogP contribution in [0.5, 0.6) is 0 Å². The van der Waals surface area contributed by atoms with Gasteiger partial charge < -0.3 is 5.11 Å². The molecular weight excluding hydrogens is 220 g/mol. The third-order valence-corrected chi connectivity index (χ3v) is 3.41. The topological polar surface area (TPSA) is 20.2 Å². The van der Waals surface area contributed by atoms with E-state index in [4.69, 9.17) is 0 Å². The molecule has 1 atom stereocenters. The first-order chi connectivity index (χ1) is 8.72. The van der Waals surface area contributed by atoms with Crippen LogP contribution in [0.2, 0.25) is 0 Å². The lowest BCUT2D eigenvalue weighted by molar-refractivity contribution is 0.356. The lowest BCUT2D eigenvalue weighted by Crippen LogP contribution is -2.01. The van der Waals surface area contributed by atoms with Crippen molar-refractivity contribution in [3.05, 3.63) is 77.4 Å². The van der Waals surface area contributed by atoms with Crippen LogP contribution in [0.1, 0.15) is 42.9 Å². The Kier molecular flexibility index (Phi) is 4.16. The zero-order valence-corrected chi connectivity index (χ0v) is 10.9. The largest absolute Gasteiger partial charge is 0.377 e. The van der Waals surface area contributed by atoms with E-state index in [1.807, 2.05) is 42.5 Å². The first-order valence-corrected chi connectivity index (χ1v) is 6.44. The first-order valence-electron chi connectivity index (χ1n) is 6.44. The maximum atomic E-state index is 10.2. The number of benzene rings is 2. The minimum absolute atomic E-state index is 0.339. The molecule has 1 N–H and O–H groups in total. The Hall–Kier alpha value is -1.60. The van der Waals surface area contributed by atoms with Crippen molar-refractivity contribution in [3.63, 3.8) is 0 Å². The molecule has 2 aromatic rings. The zero-order chi connectivity index (χ0) is 13.0. The maximum absolute atomic E-state index is 10.2. The van der Waals surface area contributed by atoms with Gasteiger partial charge in [-0.3, -0.25) is 0 Å². The van der Waals surface area contributed by atoms with Crippen molar-refractivity contribution in [3.8, 4) is 0 Å². The van der Waals surface area contributed by atoms with Crippen LogP contribution in [-0.2, 0) is 0 Å². The molecule has 1 radical (unpaired) electrons. The highest BCUT2D eigenvalue weighted by atomic mass is 16.3. The lowest BCUT2D eigenvalue weighted by Gasteiger charge is -2.13. The molecule has 93 valence electrons. The van der Waals surface area contributed by atoms with E-state index < -0.39 is 0 Å². The molecule has 0 saturated heterocycles. The standard InChI is InChI=1S/C17H19O/c1-3-13(2)14-9-11-16(12-10-14)17(18)15-7-5-4-6-8-15/h4-13,18H,3H2,1-2H3. The molecule has 0 spiro atoms. The average molecular weight is 239 g/mol. The summed E-state index contributed by atoms with van der Waals surface area (Å²) in [4.78, 5) is 0. The fourth-order valence-electron chi connectivity index (χ4n) is 1.97. The quantitative estimate of drug-likeness (QED) is 0.832. The molecule has 1 unspecified atom stereocenters. The summed E-state index contributed by atoms with van der Waals surface area (Å²) >= 11 is 0. The molecule has 18 heavy (non-hydrogen) atoms. The Bertz CT molecular complexity index is 473. The van der Waals surface area contributed by atoms with Gasteiger partial charge in [-0.25, -0.2) is 0 Å². The monoisotopic (exact) mass is 239 g/mol. The van der Waals surface area contributed by atoms with E-state index in [0.717, 1.165) is 17.5 Å². The van der Waals surface area contributed by atoms with Gasteiger partial charge in [0.05, 0.1) is 0 Å². The van der Waals surface area contributed by atoms with Gasteiger partial charge in [-0.2, -0.15) is 0 Å². The maximum Gasteiger partial charge on any atom is 0.152 e. The van der Waals surface area contributed by atoms with Crippen LogP contribution in [0.4, 0.5) is 0 Å². The van der Waals surface area contributed by atoms with Gasteiger partial charge in [-0.15, -0.1) is 0 Å². The predicted molar refractivity (Wildman–Crippen MR) is 75.0 cm³/mol. The van der Waals surface area contributed by atoms with Crippen molar-refractivity contribution in [2.45, 2.75) is 26.2 Å². The van der Waals surface area contributed by atoms with Crippen LogP contribution in [0.25, 0.3) is 0 Å². The van der Waals surface area contributed by atoms with E-state index in [2.05, 4.69) is 26.0 Å². The molecule has 0 amide bonds. The fraction of sp³-hybridized carbons (Fsp3) is 0.235. The average Bonchev–Trinajstić information content (AvgIpc) is 2.47. The minimum Gasteiger partial charge on any atom is -0.377 e. The number of hydrogen-bond acceptors (Lipinski definition) is 1. The van der Waals surface area contributed by atoms with Crippen LogP contribution >= 0.6 is 0 Å². The molecule has 0 aliphatic heterocycles. The summed E-state index contributed by atoms with van der Waals surface area (Å²) in [6.45, 7) is 4.40. The lowest BCUT2D eigenvalue weighted by atomic mass is 9.95. The SMILES string of the molecule is CCC(C)c1ccc([C](O)c2ccccc2)cc1. The molecule has 0 bridgehead atoms. The van der Waals surface area contributed by atoms with Gasteiger partial charge in [0.1, 0.15) is 0 Å². The summed E-state index contributed by atoms with van der Waals surface area (Å²) in [5.74, 6) is 0.568. The first kappa shape index (κ1) is 12.8. The number of aliphatic hydroxyl groups is 1. The number of aliphatic hydroxyl groups excluding tert-OH is 1. The fourth-order valence-corrected chi connectivity index (χ4v) is 1.97. The molecule has 0 aliphatic rings. The number of rotatable bonds is 4. The van der Waals surface area contributed by atoms with Crippen molar-refractivity contribution in [1.82, 2.24) is 0 Å². The number of hydrogen-bond donors (Lipinski definition) is 1. The molecular formula is C17H19O. The summed E-state index contributed by atoms with van der Waals surface area (Å²) in [6, 6.07) is 17.8. The Morgan fingerprint density at radius 2 is 1.50 bits per heavy atom. The van der Waals surface area contributed by atoms with Crippen LogP contribution in [0.15, 0.2) is 54.6 Å². The summed E-state index contributed by atoms with van der Waals surface area (Å²) in [7, 11) is 0. The summed E-state index contributed by atoms with van der Waals surface area (Å²) in [6.07, 6.45) is 1.47. The Labute approximate surface area is 109 Å². The van der Waals surface area contributed by atoms with Gasteiger partial charge >= 0.3 is 0 Å². The van der Waals surface area contributed by atoms with Crippen molar-refractivity contribution in [2.75, 3.05) is 0 Å². The second-order valence-corrected chi connectivity index (χ2v) is 4.65. The predicted octanol–water partition coefficient (Wildman–Crippen LogP) is 4.50. The third kappa shape index (κ3) is 2.80. The van der Waals surface area contributed by atoms with Gasteiger partial charge in [-0.1, -0.05) is 68.4 Å². The van der Waals surface area contributed by atoms with E-state index in [0.29, 0.717) is 12.0 Å². The van der Waals surface area contributed by atoms with E-state index in [1.165, 1.54) is 5.56 Å². The molecule has 0 saturated carbocycles.